The minimum atomic E-state index is 0.0205. The van der Waals surface area contributed by atoms with Crippen LogP contribution in [0.2, 0.25) is 0 Å². The van der Waals surface area contributed by atoms with Gasteiger partial charge in [-0.25, -0.2) is 4.98 Å². The minimum absolute atomic E-state index is 0.0205. The standard InChI is InChI=1S/C24H23N3O2S/c1-29-19-11-13-20(14-12-19)30-15-5-10-23(28)25-18-7-4-6-17(16-18)24-26-21-8-2-3-9-22(21)27-24/h2-4,6-9,11-14,16H,5,10,15H2,1H3,(H,25,28)(H,26,27). The van der Waals surface area contributed by atoms with Crippen LogP contribution in [0.5, 0.6) is 5.75 Å². The number of H-pyrrole nitrogens is 1. The van der Waals surface area contributed by atoms with E-state index >= 15 is 0 Å². The first-order valence-corrected chi connectivity index (χ1v) is 10.8. The van der Waals surface area contributed by atoms with E-state index in [1.165, 1.54) is 4.90 Å². The first-order valence-electron chi connectivity index (χ1n) is 9.83. The van der Waals surface area contributed by atoms with Gasteiger partial charge in [-0.1, -0.05) is 24.3 Å². The van der Waals surface area contributed by atoms with Gasteiger partial charge < -0.3 is 15.0 Å². The molecule has 0 aliphatic rings. The second-order valence-corrected chi connectivity index (χ2v) is 8.03. The molecule has 0 aliphatic heterocycles. The van der Waals surface area contributed by atoms with Gasteiger partial charge in [-0.2, -0.15) is 0 Å². The molecule has 3 aromatic carbocycles. The highest BCUT2D eigenvalue weighted by molar-refractivity contribution is 7.99. The largest absolute Gasteiger partial charge is 0.497 e. The Kier molecular flexibility index (Phi) is 6.35. The number of carbonyl (C=O) groups is 1. The molecule has 0 spiro atoms. The zero-order valence-corrected chi connectivity index (χ0v) is 17.5. The maximum atomic E-state index is 12.3. The van der Waals surface area contributed by atoms with Crippen molar-refractivity contribution in [3.05, 3.63) is 72.8 Å². The number of ether oxygens (including phenoxy) is 1. The molecule has 1 heterocycles. The highest BCUT2D eigenvalue weighted by Gasteiger charge is 2.08. The lowest BCUT2D eigenvalue weighted by Gasteiger charge is -2.07. The Morgan fingerprint density at radius 2 is 1.90 bits per heavy atom. The molecule has 4 rings (SSSR count). The Hall–Kier alpha value is -3.25. The first kappa shape index (κ1) is 20.0. The van der Waals surface area contributed by atoms with E-state index in [0.717, 1.165) is 46.0 Å². The Bertz CT molecular complexity index is 1110. The quantitative estimate of drug-likeness (QED) is 0.283. The van der Waals surface area contributed by atoms with Crippen molar-refractivity contribution in [1.82, 2.24) is 9.97 Å². The number of aromatic amines is 1. The molecule has 0 radical (unpaired) electrons. The SMILES string of the molecule is COc1ccc(SCCCC(=O)Nc2cccc(-c3nc4ccccc4[nH]3)c2)cc1. The van der Waals surface area contributed by atoms with Gasteiger partial charge in [0.05, 0.1) is 18.1 Å². The van der Waals surface area contributed by atoms with Gasteiger partial charge in [-0.15, -0.1) is 11.8 Å². The number of carbonyl (C=O) groups excluding carboxylic acids is 1. The number of benzene rings is 3. The van der Waals surface area contributed by atoms with Crippen LogP contribution in [0.25, 0.3) is 22.4 Å². The first-order chi connectivity index (χ1) is 14.7. The number of fused-ring (bicyclic) bond motifs is 1. The second-order valence-electron chi connectivity index (χ2n) is 6.86. The number of rotatable bonds is 8. The van der Waals surface area contributed by atoms with Crippen molar-refractivity contribution in [1.29, 1.82) is 0 Å². The van der Waals surface area contributed by atoms with Crippen LogP contribution in [0.1, 0.15) is 12.8 Å². The third-order valence-corrected chi connectivity index (χ3v) is 5.78. The van der Waals surface area contributed by atoms with Gasteiger partial charge in [0, 0.05) is 22.6 Å². The molecule has 0 saturated carbocycles. The number of hydrogen-bond acceptors (Lipinski definition) is 4. The average Bonchev–Trinajstić information content (AvgIpc) is 3.22. The van der Waals surface area contributed by atoms with Crippen molar-refractivity contribution >= 4 is 34.4 Å². The van der Waals surface area contributed by atoms with Crippen LogP contribution in [0, 0.1) is 0 Å². The van der Waals surface area contributed by atoms with Gasteiger partial charge in [0.25, 0.3) is 0 Å². The molecule has 30 heavy (non-hydrogen) atoms. The number of nitrogens with zero attached hydrogens (tertiary/aromatic N) is 1. The fourth-order valence-corrected chi connectivity index (χ4v) is 4.00. The molecule has 0 saturated heterocycles. The monoisotopic (exact) mass is 417 g/mol. The number of anilines is 1. The van der Waals surface area contributed by atoms with E-state index < -0.39 is 0 Å². The normalized spacial score (nSPS) is 10.8. The fourth-order valence-electron chi connectivity index (χ4n) is 3.15. The van der Waals surface area contributed by atoms with Gasteiger partial charge in [0.1, 0.15) is 11.6 Å². The number of imidazole rings is 1. The third kappa shape index (κ3) is 5.02. The number of aromatic nitrogens is 2. The van der Waals surface area contributed by atoms with Gasteiger partial charge in [-0.3, -0.25) is 4.79 Å². The maximum absolute atomic E-state index is 12.3. The van der Waals surface area contributed by atoms with Gasteiger partial charge in [0.15, 0.2) is 0 Å². The number of thioether (sulfide) groups is 1. The molecule has 0 unspecified atom stereocenters. The van der Waals surface area contributed by atoms with E-state index in [1.54, 1.807) is 18.9 Å². The Labute approximate surface area is 179 Å². The van der Waals surface area contributed by atoms with Crippen molar-refractivity contribution in [3.63, 3.8) is 0 Å². The molecular weight excluding hydrogens is 394 g/mol. The van der Waals surface area contributed by atoms with Crippen molar-refractivity contribution < 1.29 is 9.53 Å². The van der Waals surface area contributed by atoms with Crippen LogP contribution in [0.4, 0.5) is 5.69 Å². The molecular formula is C24H23N3O2S. The summed E-state index contributed by atoms with van der Waals surface area (Å²) in [6.45, 7) is 0. The topological polar surface area (TPSA) is 67.0 Å². The summed E-state index contributed by atoms with van der Waals surface area (Å²) in [5.41, 5.74) is 3.65. The van der Waals surface area contributed by atoms with Crippen molar-refractivity contribution in [2.45, 2.75) is 17.7 Å². The Balaban J connectivity index is 1.29. The maximum Gasteiger partial charge on any atom is 0.224 e. The number of nitrogens with one attached hydrogen (secondary N) is 2. The summed E-state index contributed by atoms with van der Waals surface area (Å²) < 4.78 is 5.17. The second kappa shape index (κ2) is 9.50. The molecule has 4 aromatic rings. The highest BCUT2D eigenvalue weighted by Crippen LogP contribution is 2.24. The molecule has 0 fully saturated rings. The molecule has 0 aliphatic carbocycles. The lowest BCUT2D eigenvalue weighted by atomic mass is 10.2. The van der Waals surface area contributed by atoms with E-state index in [0.29, 0.717) is 6.42 Å². The van der Waals surface area contributed by atoms with Gasteiger partial charge in [-0.05, 0) is 60.7 Å². The van der Waals surface area contributed by atoms with E-state index in [2.05, 4.69) is 15.3 Å². The van der Waals surface area contributed by atoms with Gasteiger partial charge >= 0.3 is 0 Å². The number of hydrogen-bond donors (Lipinski definition) is 2. The summed E-state index contributed by atoms with van der Waals surface area (Å²) in [5.74, 6) is 2.55. The molecule has 1 aromatic heterocycles. The molecule has 0 bridgehead atoms. The van der Waals surface area contributed by atoms with Gasteiger partial charge in [0.2, 0.25) is 5.91 Å². The van der Waals surface area contributed by atoms with Crippen molar-refractivity contribution in [2.75, 3.05) is 18.2 Å². The summed E-state index contributed by atoms with van der Waals surface area (Å²) >= 11 is 1.74. The van der Waals surface area contributed by atoms with Crippen molar-refractivity contribution in [2.24, 2.45) is 0 Å². The summed E-state index contributed by atoms with van der Waals surface area (Å²) in [6.07, 6.45) is 1.30. The predicted octanol–water partition coefficient (Wildman–Crippen LogP) is 5.75. The lowest BCUT2D eigenvalue weighted by molar-refractivity contribution is -0.116. The van der Waals surface area contributed by atoms with Crippen molar-refractivity contribution in [3.8, 4) is 17.1 Å². The van der Waals surface area contributed by atoms with Crippen LogP contribution < -0.4 is 10.1 Å². The predicted molar refractivity (Wildman–Crippen MR) is 123 cm³/mol. The minimum Gasteiger partial charge on any atom is -0.497 e. The molecule has 2 N–H and O–H groups in total. The van der Waals surface area contributed by atoms with E-state index in [1.807, 2.05) is 72.8 Å². The molecule has 152 valence electrons. The summed E-state index contributed by atoms with van der Waals surface area (Å²) in [7, 11) is 1.66. The van der Waals surface area contributed by atoms with Crippen LogP contribution in [0.15, 0.2) is 77.7 Å². The van der Waals surface area contributed by atoms with E-state index in [-0.39, 0.29) is 5.91 Å². The Morgan fingerprint density at radius 3 is 2.70 bits per heavy atom. The zero-order chi connectivity index (χ0) is 20.8. The van der Waals surface area contributed by atoms with Crippen LogP contribution in [0.3, 0.4) is 0 Å². The van der Waals surface area contributed by atoms with E-state index in [4.69, 9.17) is 4.74 Å². The summed E-state index contributed by atoms with van der Waals surface area (Å²) in [4.78, 5) is 21.5. The molecule has 1 amide bonds. The number of methoxy groups -OCH3 is 1. The van der Waals surface area contributed by atoms with E-state index in [9.17, 15) is 4.79 Å². The number of amides is 1. The average molecular weight is 418 g/mol. The van der Waals surface area contributed by atoms with Crippen LogP contribution >= 0.6 is 11.8 Å². The number of para-hydroxylation sites is 2. The molecule has 0 atom stereocenters. The molecule has 6 heteroatoms. The summed E-state index contributed by atoms with van der Waals surface area (Å²) in [5, 5.41) is 2.99. The molecule has 5 nitrogen and oxygen atoms in total. The van der Waals surface area contributed by atoms with Crippen LogP contribution in [-0.4, -0.2) is 28.7 Å². The smallest absolute Gasteiger partial charge is 0.224 e. The fraction of sp³-hybridized carbons (Fsp3) is 0.167. The highest BCUT2D eigenvalue weighted by atomic mass is 32.2. The third-order valence-electron chi connectivity index (χ3n) is 4.69. The zero-order valence-electron chi connectivity index (χ0n) is 16.7. The lowest BCUT2D eigenvalue weighted by Crippen LogP contribution is -2.11. The summed E-state index contributed by atoms with van der Waals surface area (Å²) in [6, 6.07) is 23.7. The van der Waals surface area contributed by atoms with Crippen LogP contribution in [-0.2, 0) is 4.79 Å². The Morgan fingerprint density at radius 1 is 1.07 bits per heavy atom.